The summed E-state index contributed by atoms with van der Waals surface area (Å²) in [6.07, 6.45) is 0. The molecule has 6 nitrogen and oxygen atoms in total. The van der Waals surface area contributed by atoms with Crippen LogP contribution in [0.3, 0.4) is 0 Å². The zero-order valence-corrected chi connectivity index (χ0v) is 15.8. The quantitative estimate of drug-likeness (QED) is 0.690. The fourth-order valence-electron chi connectivity index (χ4n) is 2.32. The van der Waals surface area contributed by atoms with Crippen molar-refractivity contribution in [2.75, 3.05) is 31.3 Å². The van der Waals surface area contributed by atoms with Crippen molar-refractivity contribution in [3.05, 3.63) is 53.6 Å². The molecule has 2 aromatic carbocycles. The summed E-state index contributed by atoms with van der Waals surface area (Å²) in [6, 6.07) is 13.6. The van der Waals surface area contributed by atoms with Gasteiger partial charge >= 0.3 is 0 Å². The van der Waals surface area contributed by atoms with E-state index in [1.807, 2.05) is 0 Å². The van der Waals surface area contributed by atoms with Gasteiger partial charge < -0.3 is 20.3 Å². The molecule has 0 aliphatic rings. The lowest BCUT2D eigenvalue weighted by Crippen LogP contribution is -3.14. The second kappa shape index (κ2) is 9.22. The van der Waals surface area contributed by atoms with E-state index < -0.39 is 6.04 Å². The maximum absolute atomic E-state index is 12.4. The molecule has 0 aliphatic heterocycles. The summed E-state index contributed by atoms with van der Waals surface area (Å²) in [5.41, 5.74) is 1.32. The molecule has 0 spiro atoms. The molecule has 0 bridgehead atoms. The predicted molar refractivity (Wildman–Crippen MR) is 103 cm³/mol. The van der Waals surface area contributed by atoms with Gasteiger partial charge in [0.1, 0.15) is 5.75 Å². The second-order valence-corrected chi connectivity index (χ2v) is 6.46. The molecule has 1 unspecified atom stereocenters. The highest BCUT2D eigenvalue weighted by molar-refractivity contribution is 6.30. The number of halogens is 1. The van der Waals surface area contributed by atoms with Crippen LogP contribution in [-0.2, 0) is 9.59 Å². The van der Waals surface area contributed by atoms with Crippen LogP contribution in [0.1, 0.15) is 6.92 Å². The Morgan fingerprint density at radius 3 is 2.46 bits per heavy atom. The van der Waals surface area contributed by atoms with Gasteiger partial charge in [-0.2, -0.15) is 0 Å². The average Bonchev–Trinajstić information content (AvgIpc) is 2.63. The van der Waals surface area contributed by atoms with E-state index in [4.69, 9.17) is 16.3 Å². The van der Waals surface area contributed by atoms with E-state index in [0.29, 0.717) is 22.1 Å². The van der Waals surface area contributed by atoms with E-state index in [1.54, 1.807) is 69.6 Å². The molecule has 0 saturated heterocycles. The largest absolute Gasteiger partial charge is 0.497 e. The van der Waals surface area contributed by atoms with Crippen LogP contribution in [0.4, 0.5) is 11.4 Å². The maximum Gasteiger partial charge on any atom is 0.282 e. The number of anilines is 2. The lowest BCUT2D eigenvalue weighted by Gasteiger charge is -2.20. The number of benzene rings is 2. The highest BCUT2D eigenvalue weighted by atomic mass is 35.5. The lowest BCUT2D eigenvalue weighted by atomic mass is 10.2. The van der Waals surface area contributed by atoms with Gasteiger partial charge in [0.05, 0.1) is 14.2 Å². The molecule has 2 rings (SSSR count). The van der Waals surface area contributed by atoms with Crippen molar-refractivity contribution in [1.29, 1.82) is 0 Å². The monoisotopic (exact) mass is 376 g/mol. The normalized spacial score (nSPS) is 12.8. The topological polar surface area (TPSA) is 71.9 Å². The SMILES string of the molecule is COc1cccc(NC(=O)[C@@H](C)[NH+](C)CC(=O)Nc2ccc(Cl)cc2)c1. The third-order valence-electron chi connectivity index (χ3n) is 4.04. The van der Waals surface area contributed by atoms with Crippen LogP contribution in [0.15, 0.2) is 48.5 Å². The Morgan fingerprint density at radius 2 is 1.81 bits per heavy atom. The third kappa shape index (κ3) is 5.75. The number of nitrogens with one attached hydrogen (secondary N) is 3. The van der Waals surface area contributed by atoms with Gasteiger partial charge in [-0.15, -0.1) is 0 Å². The number of rotatable bonds is 7. The lowest BCUT2D eigenvalue weighted by molar-refractivity contribution is -0.885. The highest BCUT2D eigenvalue weighted by Crippen LogP contribution is 2.16. The molecule has 2 atom stereocenters. The van der Waals surface area contributed by atoms with Gasteiger partial charge in [0.15, 0.2) is 12.6 Å². The van der Waals surface area contributed by atoms with Gasteiger partial charge in [0.25, 0.3) is 11.8 Å². The van der Waals surface area contributed by atoms with Gasteiger partial charge in [-0.05, 0) is 43.3 Å². The van der Waals surface area contributed by atoms with Gasteiger partial charge in [-0.25, -0.2) is 0 Å². The molecule has 7 heteroatoms. The Bertz CT molecular complexity index is 765. The third-order valence-corrected chi connectivity index (χ3v) is 4.29. The molecule has 26 heavy (non-hydrogen) atoms. The highest BCUT2D eigenvalue weighted by Gasteiger charge is 2.24. The van der Waals surface area contributed by atoms with Crippen molar-refractivity contribution in [2.24, 2.45) is 0 Å². The van der Waals surface area contributed by atoms with Crippen LogP contribution in [0.25, 0.3) is 0 Å². The van der Waals surface area contributed by atoms with E-state index in [2.05, 4.69) is 10.6 Å². The fourth-order valence-corrected chi connectivity index (χ4v) is 2.45. The Labute approximate surface area is 158 Å². The first-order valence-electron chi connectivity index (χ1n) is 8.21. The van der Waals surface area contributed by atoms with E-state index >= 15 is 0 Å². The van der Waals surface area contributed by atoms with E-state index in [-0.39, 0.29) is 18.4 Å². The number of hydrogen-bond acceptors (Lipinski definition) is 3. The number of carbonyl (C=O) groups excluding carboxylic acids is 2. The summed E-state index contributed by atoms with van der Waals surface area (Å²) in [6.45, 7) is 1.94. The maximum atomic E-state index is 12.4. The summed E-state index contributed by atoms with van der Waals surface area (Å²) < 4.78 is 5.14. The minimum atomic E-state index is -0.405. The second-order valence-electron chi connectivity index (χ2n) is 6.02. The summed E-state index contributed by atoms with van der Waals surface area (Å²) in [4.78, 5) is 25.4. The average molecular weight is 377 g/mol. The Hall–Kier alpha value is -2.57. The smallest absolute Gasteiger partial charge is 0.282 e. The molecule has 0 fully saturated rings. The molecular formula is C19H23ClN3O3+. The zero-order chi connectivity index (χ0) is 19.1. The number of methoxy groups -OCH3 is 1. The summed E-state index contributed by atoms with van der Waals surface area (Å²) in [7, 11) is 3.37. The van der Waals surface area contributed by atoms with Crippen LogP contribution in [0, 0.1) is 0 Å². The summed E-state index contributed by atoms with van der Waals surface area (Å²) in [5.74, 6) is 0.319. The minimum absolute atomic E-state index is 0.162. The van der Waals surface area contributed by atoms with Crippen molar-refractivity contribution in [2.45, 2.75) is 13.0 Å². The van der Waals surface area contributed by atoms with Gasteiger partial charge in [-0.1, -0.05) is 17.7 Å². The number of carbonyl (C=O) groups is 2. The number of hydrogen-bond donors (Lipinski definition) is 3. The molecule has 3 N–H and O–H groups in total. The Kier molecular flexibility index (Phi) is 7.00. The van der Waals surface area contributed by atoms with Gasteiger partial charge in [0.2, 0.25) is 0 Å². The number of likely N-dealkylation sites (N-methyl/N-ethyl adjacent to an activating group) is 1. The van der Waals surface area contributed by atoms with Crippen LogP contribution in [0.2, 0.25) is 5.02 Å². The molecule has 0 heterocycles. The first kappa shape index (κ1) is 19.8. The van der Waals surface area contributed by atoms with Crippen LogP contribution in [0.5, 0.6) is 5.75 Å². The molecule has 0 aromatic heterocycles. The van der Waals surface area contributed by atoms with Crippen molar-refractivity contribution < 1.29 is 19.2 Å². The number of ether oxygens (including phenoxy) is 1. The van der Waals surface area contributed by atoms with Crippen LogP contribution < -0.4 is 20.3 Å². The van der Waals surface area contributed by atoms with E-state index in [0.717, 1.165) is 4.90 Å². The molecule has 0 aliphatic carbocycles. The molecule has 0 saturated carbocycles. The summed E-state index contributed by atoms with van der Waals surface area (Å²) >= 11 is 5.83. The summed E-state index contributed by atoms with van der Waals surface area (Å²) in [5, 5.41) is 6.24. The molecule has 2 aromatic rings. The molecule has 138 valence electrons. The van der Waals surface area contributed by atoms with Crippen molar-refractivity contribution >= 4 is 34.8 Å². The standard InChI is InChI=1S/C19H22ClN3O3/c1-13(19(25)22-16-5-4-6-17(11-16)26-3)23(2)12-18(24)21-15-9-7-14(20)8-10-15/h4-11,13H,12H2,1-3H3,(H,21,24)(H,22,25)/p+1/t13-/m1/s1. The van der Waals surface area contributed by atoms with Crippen LogP contribution in [-0.4, -0.2) is 38.6 Å². The number of amides is 2. The van der Waals surface area contributed by atoms with E-state index in [9.17, 15) is 9.59 Å². The van der Waals surface area contributed by atoms with Gasteiger partial charge in [0, 0.05) is 22.5 Å². The van der Waals surface area contributed by atoms with Gasteiger partial charge in [-0.3, -0.25) is 9.59 Å². The molecular weight excluding hydrogens is 354 g/mol. The first-order valence-corrected chi connectivity index (χ1v) is 8.59. The zero-order valence-electron chi connectivity index (χ0n) is 15.0. The van der Waals surface area contributed by atoms with Crippen molar-refractivity contribution in [3.63, 3.8) is 0 Å². The first-order chi connectivity index (χ1) is 12.4. The predicted octanol–water partition coefficient (Wildman–Crippen LogP) is 1.83. The fraction of sp³-hybridized carbons (Fsp3) is 0.263. The Balaban J connectivity index is 1.88. The number of quaternary nitrogens is 1. The van der Waals surface area contributed by atoms with E-state index in [1.165, 1.54) is 0 Å². The van der Waals surface area contributed by atoms with Crippen molar-refractivity contribution in [3.8, 4) is 5.75 Å². The van der Waals surface area contributed by atoms with Crippen molar-refractivity contribution in [1.82, 2.24) is 0 Å². The minimum Gasteiger partial charge on any atom is -0.497 e. The van der Waals surface area contributed by atoms with Crippen LogP contribution >= 0.6 is 11.6 Å². The molecule has 2 amide bonds. The molecule has 0 radical (unpaired) electrons. The Morgan fingerprint density at radius 1 is 1.12 bits per heavy atom.